The van der Waals surface area contributed by atoms with Crippen molar-refractivity contribution in [2.24, 2.45) is 0 Å². The Morgan fingerprint density at radius 3 is 2.94 bits per heavy atom. The van der Waals surface area contributed by atoms with E-state index in [2.05, 4.69) is 22.2 Å². The van der Waals surface area contributed by atoms with Crippen molar-refractivity contribution in [3.05, 3.63) is 24.3 Å². The zero-order valence-corrected chi connectivity index (χ0v) is 10.8. The molecule has 0 unspecified atom stereocenters. The zero-order valence-electron chi connectivity index (χ0n) is 10.8. The van der Waals surface area contributed by atoms with Crippen molar-refractivity contribution in [1.29, 1.82) is 0 Å². The normalized spacial score (nSPS) is 11.3. The minimum absolute atomic E-state index is 0.580. The van der Waals surface area contributed by atoms with Crippen LogP contribution >= 0.6 is 0 Å². The first-order valence-corrected chi connectivity index (χ1v) is 6.06. The van der Waals surface area contributed by atoms with Crippen LogP contribution in [0.25, 0.3) is 11.1 Å². The van der Waals surface area contributed by atoms with Crippen LogP contribution in [0.5, 0.6) is 0 Å². The summed E-state index contributed by atoms with van der Waals surface area (Å²) in [6.45, 7) is 3.39. The smallest absolute Gasteiger partial charge is 0.295 e. The predicted molar refractivity (Wildman–Crippen MR) is 71.9 cm³/mol. The van der Waals surface area contributed by atoms with Gasteiger partial charge in [0.05, 0.1) is 6.61 Å². The Balaban J connectivity index is 1.79. The lowest BCUT2D eigenvalue weighted by Gasteiger charge is -2.15. The number of hydrogen-bond donors (Lipinski definition) is 1. The van der Waals surface area contributed by atoms with E-state index in [4.69, 9.17) is 9.15 Å². The Bertz CT molecular complexity index is 451. The van der Waals surface area contributed by atoms with Crippen molar-refractivity contribution in [3.63, 3.8) is 0 Å². The lowest BCUT2D eigenvalue weighted by molar-refractivity contribution is 0.163. The molecule has 0 radical (unpaired) electrons. The third-order valence-corrected chi connectivity index (χ3v) is 2.74. The molecule has 1 N–H and O–H groups in total. The fourth-order valence-corrected chi connectivity index (χ4v) is 1.66. The molecule has 5 heteroatoms. The minimum Gasteiger partial charge on any atom is -0.424 e. The van der Waals surface area contributed by atoms with Gasteiger partial charge in [-0.3, -0.25) is 0 Å². The summed E-state index contributed by atoms with van der Waals surface area (Å²) >= 11 is 0. The summed E-state index contributed by atoms with van der Waals surface area (Å²) in [5, 5.41) is 3.18. The molecule has 1 aromatic heterocycles. The summed E-state index contributed by atoms with van der Waals surface area (Å²) in [5.74, 6) is 0. The van der Waals surface area contributed by atoms with Gasteiger partial charge in [0.2, 0.25) is 0 Å². The fourth-order valence-electron chi connectivity index (χ4n) is 1.66. The van der Waals surface area contributed by atoms with Gasteiger partial charge in [0.15, 0.2) is 5.58 Å². The molecule has 1 heterocycles. The fraction of sp³-hybridized carbons (Fsp3) is 0.462. The van der Waals surface area contributed by atoms with Crippen LogP contribution in [0.15, 0.2) is 28.7 Å². The topological polar surface area (TPSA) is 50.5 Å². The number of hydrogen-bond acceptors (Lipinski definition) is 5. The molecule has 0 aliphatic carbocycles. The van der Waals surface area contributed by atoms with Gasteiger partial charge < -0.3 is 19.4 Å². The summed E-state index contributed by atoms with van der Waals surface area (Å²) in [6, 6.07) is 8.33. The first-order chi connectivity index (χ1) is 8.79. The number of fused-ring (bicyclic) bond motifs is 1. The number of anilines is 1. The third-order valence-electron chi connectivity index (χ3n) is 2.74. The molecule has 98 valence electrons. The number of ether oxygens (including phenoxy) is 1. The zero-order chi connectivity index (χ0) is 12.8. The van der Waals surface area contributed by atoms with Crippen LogP contribution in [-0.4, -0.2) is 50.3 Å². The molecule has 5 nitrogen and oxygen atoms in total. The Hall–Kier alpha value is -1.59. The molecule has 0 atom stereocenters. The van der Waals surface area contributed by atoms with Crippen molar-refractivity contribution in [2.45, 2.75) is 0 Å². The first kappa shape index (κ1) is 12.9. The van der Waals surface area contributed by atoms with Crippen molar-refractivity contribution in [2.75, 3.05) is 45.7 Å². The minimum atomic E-state index is 0.580. The second-order valence-electron chi connectivity index (χ2n) is 4.21. The van der Waals surface area contributed by atoms with Gasteiger partial charge in [-0.05, 0) is 19.2 Å². The number of nitrogens with zero attached hydrogens (tertiary/aromatic N) is 2. The molecular weight excluding hydrogens is 230 g/mol. The van der Waals surface area contributed by atoms with Gasteiger partial charge in [0.25, 0.3) is 6.01 Å². The molecular formula is C13H19N3O2. The van der Waals surface area contributed by atoms with E-state index in [1.807, 2.05) is 24.3 Å². The van der Waals surface area contributed by atoms with E-state index < -0.39 is 0 Å². The maximum absolute atomic E-state index is 5.57. The van der Waals surface area contributed by atoms with Gasteiger partial charge in [-0.2, -0.15) is 4.98 Å². The summed E-state index contributed by atoms with van der Waals surface area (Å²) in [5.41, 5.74) is 1.69. The lowest BCUT2D eigenvalue weighted by atomic mass is 10.3. The van der Waals surface area contributed by atoms with E-state index in [1.54, 1.807) is 7.11 Å². The molecule has 0 aliphatic heterocycles. The number of methoxy groups -OCH3 is 1. The highest BCUT2D eigenvalue weighted by Crippen LogP contribution is 2.17. The molecule has 0 saturated heterocycles. The Morgan fingerprint density at radius 1 is 1.33 bits per heavy atom. The second-order valence-corrected chi connectivity index (χ2v) is 4.21. The Kier molecular flexibility index (Phi) is 4.55. The van der Waals surface area contributed by atoms with Crippen molar-refractivity contribution in [3.8, 4) is 0 Å². The SMILES string of the molecule is COCCN(C)CCNc1nc2ccccc2o1. The van der Waals surface area contributed by atoms with E-state index in [9.17, 15) is 0 Å². The first-order valence-electron chi connectivity index (χ1n) is 6.06. The van der Waals surface area contributed by atoms with Crippen molar-refractivity contribution in [1.82, 2.24) is 9.88 Å². The molecule has 2 aromatic rings. The van der Waals surface area contributed by atoms with E-state index in [0.717, 1.165) is 37.3 Å². The van der Waals surface area contributed by atoms with Gasteiger partial charge in [0, 0.05) is 26.7 Å². The van der Waals surface area contributed by atoms with Gasteiger partial charge in [-0.15, -0.1) is 0 Å². The van der Waals surface area contributed by atoms with Crippen molar-refractivity contribution < 1.29 is 9.15 Å². The molecule has 0 spiro atoms. The van der Waals surface area contributed by atoms with E-state index in [-0.39, 0.29) is 0 Å². The van der Waals surface area contributed by atoms with Crippen LogP contribution in [-0.2, 0) is 4.74 Å². The molecule has 18 heavy (non-hydrogen) atoms. The van der Waals surface area contributed by atoms with Crippen LogP contribution in [0.1, 0.15) is 0 Å². The number of rotatable bonds is 7. The standard InChI is InChI=1S/C13H19N3O2/c1-16(9-10-17-2)8-7-14-13-15-11-5-3-4-6-12(11)18-13/h3-6H,7-10H2,1-2H3,(H,14,15). The molecule has 0 fully saturated rings. The average Bonchev–Trinajstić information content (AvgIpc) is 2.79. The molecule has 1 aromatic carbocycles. The second kappa shape index (κ2) is 6.37. The number of benzene rings is 1. The maximum atomic E-state index is 5.57. The molecule has 0 aliphatic rings. The highest BCUT2D eigenvalue weighted by molar-refractivity contribution is 5.74. The third kappa shape index (κ3) is 3.45. The number of oxazole rings is 1. The Labute approximate surface area is 107 Å². The monoisotopic (exact) mass is 249 g/mol. The van der Waals surface area contributed by atoms with E-state index in [0.29, 0.717) is 6.01 Å². The van der Waals surface area contributed by atoms with Crippen molar-refractivity contribution >= 4 is 17.1 Å². The number of nitrogens with one attached hydrogen (secondary N) is 1. The number of para-hydroxylation sites is 2. The average molecular weight is 249 g/mol. The van der Waals surface area contributed by atoms with Crippen LogP contribution in [0.3, 0.4) is 0 Å². The number of likely N-dealkylation sites (N-methyl/N-ethyl adjacent to an activating group) is 1. The molecule has 0 amide bonds. The Morgan fingerprint density at radius 2 is 2.17 bits per heavy atom. The summed E-state index contributed by atoms with van der Waals surface area (Å²) in [4.78, 5) is 6.54. The molecule has 2 rings (SSSR count). The highest BCUT2D eigenvalue weighted by Gasteiger charge is 2.04. The van der Waals surface area contributed by atoms with Gasteiger partial charge >= 0.3 is 0 Å². The van der Waals surface area contributed by atoms with Gasteiger partial charge in [-0.25, -0.2) is 0 Å². The summed E-state index contributed by atoms with van der Waals surface area (Å²) in [7, 11) is 3.77. The molecule has 0 bridgehead atoms. The van der Waals surface area contributed by atoms with E-state index in [1.165, 1.54) is 0 Å². The maximum Gasteiger partial charge on any atom is 0.295 e. The van der Waals surface area contributed by atoms with Gasteiger partial charge in [-0.1, -0.05) is 12.1 Å². The quantitative estimate of drug-likeness (QED) is 0.811. The van der Waals surface area contributed by atoms with Crippen LogP contribution in [0, 0.1) is 0 Å². The largest absolute Gasteiger partial charge is 0.424 e. The predicted octanol–water partition coefficient (Wildman–Crippen LogP) is 1.82. The molecule has 0 saturated carbocycles. The lowest BCUT2D eigenvalue weighted by Crippen LogP contribution is -2.28. The highest BCUT2D eigenvalue weighted by atomic mass is 16.5. The van der Waals surface area contributed by atoms with Crippen LogP contribution < -0.4 is 5.32 Å². The van der Waals surface area contributed by atoms with E-state index >= 15 is 0 Å². The summed E-state index contributed by atoms with van der Waals surface area (Å²) < 4.78 is 10.6. The van der Waals surface area contributed by atoms with Crippen LogP contribution in [0.2, 0.25) is 0 Å². The van der Waals surface area contributed by atoms with Gasteiger partial charge in [0.1, 0.15) is 5.52 Å². The summed E-state index contributed by atoms with van der Waals surface area (Å²) in [6.07, 6.45) is 0. The van der Waals surface area contributed by atoms with Crippen LogP contribution in [0.4, 0.5) is 6.01 Å². The number of aromatic nitrogens is 1.